The summed E-state index contributed by atoms with van der Waals surface area (Å²) in [5, 5.41) is 8.11. The van der Waals surface area contributed by atoms with E-state index in [4.69, 9.17) is 4.74 Å². The number of rotatable bonds is 5. The minimum absolute atomic E-state index is 0.271. The Labute approximate surface area is 119 Å². The monoisotopic (exact) mass is 278 g/mol. The van der Waals surface area contributed by atoms with E-state index in [1.165, 1.54) is 0 Å². The van der Waals surface area contributed by atoms with Gasteiger partial charge in [-0.3, -0.25) is 4.79 Å². The average molecular weight is 278 g/mol. The molecule has 0 radical (unpaired) electrons. The maximum Gasteiger partial charge on any atom is 0.233 e. The normalized spacial score (nSPS) is 15.3. The van der Waals surface area contributed by atoms with Crippen LogP contribution in [-0.2, 0) is 4.79 Å². The lowest BCUT2D eigenvalue weighted by Crippen LogP contribution is -2.49. The zero-order chi connectivity index (χ0) is 14.4. The van der Waals surface area contributed by atoms with Crippen LogP contribution < -0.4 is 9.64 Å². The number of unbranched alkanes of at least 4 members (excludes halogenated alkanes) is 1. The third-order valence-electron chi connectivity index (χ3n) is 3.54. The molecule has 0 saturated carbocycles. The highest BCUT2D eigenvalue weighted by Gasteiger charge is 2.21. The SMILES string of the molecule is CCCCC(=O)N1CCN(c2ccc(OC)nn2)CC1. The van der Waals surface area contributed by atoms with Gasteiger partial charge in [-0.15, -0.1) is 10.2 Å². The van der Waals surface area contributed by atoms with E-state index in [9.17, 15) is 4.79 Å². The zero-order valence-corrected chi connectivity index (χ0v) is 12.2. The van der Waals surface area contributed by atoms with E-state index in [1.54, 1.807) is 13.2 Å². The Hall–Kier alpha value is -1.85. The molecule has 0 spiro atoms. The van der Waals surface area contributed by atoms with E-state index in [0.29, 0.717) is 12.3 Å². The van der Waals surface area contributed by atoms with Crippen molar-refractivity contribution in [3.05, 3.63) is 12.1 Å². The molecule has 1 saturated heterocycles. The summed E-state index contributed by atoms with van der Waals surface area (Å²) < 4.78 is 5.00. The maximum absolute atomic E-state index is 11.9. The van der Waals surface area contributed by atoms with Crippen molar-refractivity contribution in [1.82, 2.24) is 15.1 Å². The van der Waals surface area contributed by atoms with E-state index in [0.717, 1.165) is 44.8 Å². The van der Waals surface area contributed by atoms with Crippen molar-refractivity contribution in [1.29, 1.82) is 0 Å². The number of aromatic nitrogens is 2. The van der Waals surface area contributed by atoms with Gasteiger partial charge in [0, 0.05) is 38.7 Å². The van der Waals surface area contributed by atoms with Crippen molar-refractivity contribution in [3.8, 4) is 5.88 Å². The molecule has 2 heterocycles. The summed E-state index contributed by atoms with van der Waals surface area (Å²) in [6.45, 7) is 5.23. The van der Waals surface area contributed by atoms with Gasteiger partial charge in [-0.25, -0.2) is 0 Å². The van der Waals surface area contributed by atoms with Crippen molar-refractivity contribution in [2.45, 2.75) is 26.2 Å². The third kappa shape index (κ3) is 3.59. The van der Waals surface area contributed by atoms with E-state index >= 15 is 0 Å². The Balaban J connectivity index is 1.85. The number of carbonyl (C=O) groups excluding carboxylic acids is 1. The van der Waals surface area contributed by atoms with Gasteiger partial charge in [0.05, 0.1) is 7.11 Å². The predicted octanol–water partition coefficient (Wildman–Crippen LogP) is 1.32. The first-order valence-electron chi connectivity index (χ1n) is 7.15. The first-order chi connectivity index (χ1) is 9.74. The number of ether oxygens (including phenoxy) is 1. The molecule has 0 N–H and O–H groups in total. The fourth-order valence-corrected chi connectivity index (χ4v) is 2.26. The second kappa shape index (κ2) is 7.07. The summed E-state index contributed by atoms with van der Waals surface area (Å²) in [5.74, 6) is 1.63. The molecule has 1 aromatic heterocycles. The number of hydrogen-bond acceptors (Lipinski definition) is 5. The number of hydrogen-bond donors (Lipinski definition) is 0. The van der Waals surface area contributed by atoms with Gasteiger partial charge in [-0.1, -0.05) is 13.3 Å². The standard InChI is InChI=1S/C14H22N4O2/c1-3-4-5-14(19)18-10-8-17(9-11-18)12-6-7-13(20-2)16-15-12/h6-7H,3-5,8-11H2,1-2H3. The lowest BCUT2D eigenvalue weighted by molar-refractivity contribution is -0.131. The summed E-state index contributed by atoms with van der Waals surface area (Å²) in [5.41, 5.74) is 0. The number of amides is 1. The van der Waals surface area contributed by atoms with E-state index in [1.807, 2.05) is 11.0 Å². The topological polar surface area (TPSA) is 58.6 Å². The molecule has 1 aromatic rings. The molecule has 1 fully saturated rings. The number of methoxy groups -OCH3 is 1. The van der Waals surface area contributed by atoms with Gasteiger partial charge in [0.15, 0.2) is 5.82 Å². The van der Waals surface area contributed by atoms with Crippen LogP contribution in [0.5, 0.6) is 5.88 Å². The maximum atomic E-state index is 11.9. The van der Waals surface area contributed by atoms with Crippen molar-refractivity contribution < 1.29 is 9.53 Å². The molecule has 1 aliphatic heterocycles. The lowest BCUT2D eigenvalue weighted by Gasteiger charge is -2.35. The van der Waals surface area contributed by atoms with Crippen LogP contribution in [0, 0.1) is 0 Å². The molecule has 6 heteroatoms. The summed E-state index contributed by atoms with van der Waals surface area (Å²) in [6.07, 6.45) is 2.70. The second-order valence-electron chi connectivity index (χ2n) is 4.91. The number of carbonyl (C=O) groups is 1. The first kappa shape index (κ1) is 14.6. The minimum atomic E-state index is 0.271. The largest absolute Gasteiger partial charge is 0.480 e. The first-order valence-corrected chi connectivity index (χ1v) is 7.15. The summed E-state index contributed by atoms with van der Waals surface area (Å²) in [6, 6.07) is 3.71. The Morgan fingerprint density at radius 1 is 1.25 bits per heavy atom. The highest BCUT2D eigenvalue weighted by atomic mass is 16.5. The molecular weight excluding hydrogens is 256 g/mol. The molecule has 0 atom stereocenters. The van der Waals surface area contributed by atoms with E-state index in [-0.39, 0.29) is 5.91 Å². The van der Waals surface area contributed by atoms with Gasteiger partial charge in [0.1, 0.15) is 0 Å². The van der Waals surface area contributed by atoms with Gasteiger partial charge in [-0.05, 0) is 12.5 Å². The predicted molar refractivity (Wildman–Crippen MR) is 76.9 cm³/mol. The fourth-order valence-electron chi connectivity index (χ4n) is 2.26. The molecule has 1 amide bonds. The molecule has 1 aliphatic rings. The van der Waals surface area contributed by atoms with Crippen LogP contribution >= 0.6 is 0 Å². The molecular formula is C14H22N4O2. The van der Waals surface area contributed by atoms with Gasteiger partial charge >= 0.3 is 0 Å². The Bertz CT molecular complexity index is 427. The summed E-state index contributed by atoms with van der Waals surface area (Å²) >= 11 is 0. The average Bonchev–Trinajstić information content (AvgIpc) is 2.53. The third-order valence-corrected chi connectivity index (χ3v) is 3.54. The van der Waals surface area contributed by atoms with Crippen molar-refractivity contribution in [2.24, 2.45) is 0 Å². The smallest absolute Gasteiger partial charge is 0.233 e. The van der Waals surface area contributed by atoms with Crippen LogP contribution in [0.1, 0.15) is 26.2 Å². The van der Waals surface area contributed by atoms with Gasteiger partial charge in [-0.2, -0.15) is 0 Å². The Morgan fingerprint density at radius 3 is 2.55 bits per heavy atom. The zero-order valence-electron chi connectivity index (χ0n) is 12.2. The van der Waals surface area contributed by atoms with Crippen molar-refractivity contribution in [2.75, 3.05) is 38.2 Å². The van der Waals surface area contributed by atoms with Gasteiger partial charge < -0.3 is 14.5 Å². The number of nitrogens with zero attached hydrogens (tertiary/aromatic N) is 4. The molecule has 20 heavy (non-hydrogen) atoms. The van der Waals surface area contributed by atoms with Crippen molar-refractivity contribution >= 4 is 11.7 Å². The highest BCUT2D eigenvalue weighted by molar-refractivity contribution is 5.76. The fraction of sp³-hybridized carbons (Fsp3) is 0.643. The molecule has 110 valence electrons. The van der Waals surface area contributed by atoms with E-state index < -0.39 is 0 Å². The van der Waals surface area contributed by atoms with Crippen molar-refractivity contribution in [3.63, 3.8) is 0 Å². The van der Waals surface area contributed by atoms with E-state index in [2.05, 4.69) is 22.0 Å². The van der Waals surface area contributed by atoms with Crippen LogP contribution in [0.2, 0.25) is 0 Å². The minimum Gasteiger partial charge on any atom is -0.480 e. The van der Waals surface area contributed by atoms with Crippen LogP contribution in [-0.4, -0.2) is 54.3 Å². The number of anilines is 1. The van der Waals surface area contributed by atoms with Crippen LogP contribution in [0.4, 0.5) is 5.82 Å². The van der Waals surface area contributed by atoms with Gasteiger partial charge in [0.2, 0.25) is 11.8 Å². The molecule has 2 rings (SSSR count). The molecule has 0 unspecified atom stereocenters. The highest BCUT2D eigenvalue weighted by Crippen LogP contribution is 2.15. The summed E-state index contributed by atoms with van der Waals surface area (Å²) in [7, 11) is 1.57. The molecule has 0 aliphatic carbocycles. The molecule has 0 aromatic carbocycles. The summed E-state index contributed by atoms with van der Waals surface area (Å²) in [4.78, 5) is 16.0. The number of piperazine rings is 1. The molecule has 6 nitrogen and oxygen atoms in total. The van der Waals surface area contributed by atoms with Crippen LogP contribution in [0.15, 0.2) is 12.1 Å². The molecule has 0 bridgehead atoms. The quantitative estimate of drug-likeness (QED) is 0.813. The Morgan fingerprint density at radius 2 is 2.00 bits per heavy atom. The van der Waals surface area contributed by atoms with Gasteiger partial charge in [0.25, 0.3) is 0 Å². The van der Waals surface area contributed by atoms with Crippen LogP contribution in [0.3, 0.4) is 0 Å². The lowest BCUT2D eigenvalue weighted by atomic mass is 10.2. The van der Waals surface area contributed by atoms with Crippen LogP contribution in [0.25, 0.3) is 0 Å². The second-order valence-corrected chi connectivity index (χ2v) is 4.91. The Kier molecular flexibility index (Phi) is 5.15.